The maximum Gasteiger partial charge on any atom is 0.461 e. The molecule has 4 fully saturated rings. The zero-order valence-electron chi connectivity index (χ0n) is 16.2. The van der Waals surface area contributed by atoms with Crippen LogP contribution >= 0.6 is 0 Å². The van der Waals surface area contributed by atoms with E-state index in [1.165, 1.54) is 6.42 Å². The standard InChI is InChI=1S/C21H29BO4/c1-14(10-19(23)24-13-15-8-6-5-7-9-15)22-25-18-12-16-11-17(20(16,2)3)21(18,4)26-22/h5-9,14,16-18H,10-13H2,1-4H3/t14?,16-,17-,18+,21-/m0/s1. The minimum Gasteiger partial charge on any atom is -0.461 e. The summed E-state index contributed by atoms with van der Waals surface area (Å²) in [6.07, 6.45) is 2.79. The first-order valence-electron chi connectivity index (χ1n) is 9.83. The van der Waals surface area contributed by atoms with Crippen molar-refractivity contribution in [2.45, 2.75) is 71.1 Å². The van der Waals surface area contributed by atoms with Gasteiger partial charge in [-0.3, -0.25) is 4.79 Å². The predicted molar refractivity (Wildman–Crippen MR) is 100 cm³/mol. The summed E-state index contributed by atoms with van der Waals surface area (Å²) >= 11 is 0. The summed E-state index contributed by atoms with van der Waals surface area (Å²) in [5.41, 5.74) is 1.12. The van der Waals surface area contributed by atoms with Crippen molar-refractivity contribution in [1.82, 2.24) is 0 Å². The normalized spacial score (nSPS) is 35.4. The zero-order chi connectivity index (χ0) is 18.5. The number of ether oxygens (including phenoxy) is 1. The lowest BCUT2D eigenvalue weighted by atomic mass is 9.43. The smallest absolute Gasteiger partial charge is 0.461 e. The van der Waals surface area contributed by atoms with Gasteiger partial charge in [-0.05, 0) is 42.6 Å². The first-order valence-corrected chi connectivity index (χ1v) is 9.83. The van der Waals surface area contributed by atoms with Crippen LogP contribution < -0.4 is 0 Å². The van der Waals surface area contributed by atoms with Crippen LogP contribution in [0.15, 0.2) is 30.3 Å². The van der Waals surface area contributed by atoms with E-state index < -0.39 is 0 Å². The number of carbonyl (C=O) groups is 1. The van der Waals surface area contributed by atoms with E-state index in [2.05, 4.69) is 20.8 Å². The Morgan fingerprint density at radius 3 is 2.69 bits per heavy atom. The van der Waals surface area contributed by atoms with E-state index in [9.17, 15) is 4.79 Å². The molecule has 1 saturated heterocycles. The summed E-state index contributed by atoms with van der Waals surface area (Å²) in [5.74, 6) is 1.07. The third kappa shape index (κ3) is 2.89. The van der Waals surface area contributed by atoms with Gasteiger partial charge in [0.15, 0.2) is 0 Å². The van der Waals surface area contributed by atoms with Crippen LogP contribution in [0.25, 0.3) is 0 Å². The minimum atomic E-state index is -0.315. The SMILES string of the molecule is CC(CC(=O)OCc1ccccc1)B1O[C@@H]2C[C@@H]3C[C@@H](C3(C)C)[C@]2(C)O1. The van der Waals surface area contributed by atoms with Gasteiger partial charge in [0.25, 0.3) is 0 Å². The van der Waals surface area contributed by atoms with Crippen molar-refractivity contribution in [3.63, 3.8) is 0 Å². The molecule has 0 amide bonds. The van der Waals surface area contributed by atoms with E-state index in [-0.39, 0.29) is 30.6 Å². The first kappa shape index (κ1) is 18.1. The van der Waals surface area contributed by atoms with Crippen LogP contribution in [-0.4, -0.2) is 24.8 Å². The van der Waals surface area contributed by atoms with Crippen molar-refractivity contribution in [1.29, 1.82) is 0 Å². The third-order valence-electron chi connectivity index (χ3n) is 7.16. The topological polar surface area (TPSA) is 44.8 Å². The van der Waals surface area contributed by atoms with Crippen molar-refractivity contribution in [3.8, 4) is 0 Å². The highest BCUT2D eigenvalue weighted by atomic mass is 16.7. The number of rotatable bonds is 5. The molecule has 0 spiro atoms. The molecule has 3 saturated carbocycles. The second-order valence-corrected chi connectivity index (χ2v) is 9.16. The average molecular weight is 356 g/mol. The molecule has 3 aliphatic carbocycles. The van der Waals surface area contributed by atoms with Crippen molar-refractivity contribution in [3.05, 3.63) is 35.9 Å². The molecule has 0 aromatic heterocycles. The maximum atomic E-state index is 12.2. The van der Waals surface area contributed by atoms with Crippen molar-refractivity contribution < 1.29 is 18.8 Å². The van der Waals surface area contributed by atoms with E-state index in [0.29, 0.717) is 24.4 Å². The lowest BCUT2D eigenvalue weighted by Gasteiger charge is -2.64. The van der Waals surface area contributed by atoms with Gasteiger partial charge in [0.2, 0.25) is 0 Å². The minimum absolute atomic E-state index is 0.0130. The van der Waals surface area contributed by atoms with Crippen LogP contribution in [0.4, 0.5) is 0 Å². The Labute approximate surface area is 156 Å². The molecule has 140 valence electrons. The number of benzene rings is 1. The monoisotopic (exact) mass is 356 g/mol. The second-order valence-electron chi connectivity index (χ2n) is 9.16. The van der Waals surface area contributed by atoms with Crippen LogP contribution in [-0.2, 0) is 25.4 Å². The second kappa shape index (κ2) is 6.38. The lowest BCUT2D eigenvalue weighted by molar-refractivity contribution is -0.199. The summed E-state index contributed by atoms with van der Waals surface area (Å²) in [4.78, 5) is 12.2. The fourth-order valence-electron chi connectivity index (χ4n) is 5.30. The average Bonchev–Trinajstić information content (AvgIpc) is 2.98. The predicted octanol–water partition coefficient (Wildman–Crippen LogP) is 4.24. The molecule has 1 aliphatic heterocycles. The molecule has 5 rings (SSSR count). The fourth-order valence-corrected chi connectivity index (χ4v) is 5.30. The largest absolute Gasteiger partial charge is 0.461 e. The molecule has 4 nitrogen and oxygen atoms in total. The van der Waals surface area contributed by atoms with E-state index >= 15 is 0 Å². The van der Waals surface area contributed by atoms with Gasteiger partial charge >= 0.3 is 13.1 Å². The zero-order valence-corrected chi connectivity index (χ0v) is 16.2. The maximum absolute atomic E-state index is 12.2. The molecule has 5 heteroatoms. The third-order valence-corrected chi connectivity index (χ3v) is 7.16. The van der Waals surface area contributed by atoms with Crippen LogP contribution in [0.2, 0.25) is 5.82 Å². The van der Waals surface area contributed by atoms with Crippen molar-refractivity contribution >= 4 is 13.1 Å². The highest BCUT2D eigenvalue weighted by molar-refractivity contribution is 6.47. The molecule has 2 bridgehead atoms. The number of esters is 1. The summed E-state index contributed by atoms with van der Waals surface area (Å²) in [5, 5.41) is 0. The molecular weight excluding hydrogens is 327 g/mol. The number of hydrogen-bond donors (Lipinski definition) is 0. The molecule has 1 aromatic rings. The fraction of sp³-hybridized carbons (Fsp3) is 0.667. The van der Waals surface area contributed by atoms with Crippen LogP contribution in [0.5, 0.6) is 0 Å². The highest BCUT2D eigenvalue weighted by Crippen LogP contribution is 2.66. The number of hydrogen-bond acceptors (Lipinski definition) is 4. The van der Waals surface area contributed by atoms with Gasteiger partial charge in [0, 0.05) is 12.2 Å². The summed E-state index contributed by atoms with van der Waals surface area (Å²) in [7, 11) is -0.315. The van der Waals surface area contributed by atoms with Gasteiger partial charge in [-0.1, -0.05) is 51.1 Å². The van der Waals surface area contributed by atoms with E-state index in [1.54, 1.807) is 0 Å². The van der Waals surface area contributed by atoms with Crippen LogP contribution in [0, 0.1) is 17.3 Å². The molecule has 1 aromatic carbocycles. The molecule has 1 unspecified atom stereocenters. The van der Waals surface area contributed by atoms with Crippen LogP contribution in [0.3, 0.4) is 0 Å². The van der Waals surface area contributed by atoms with Gasteiger partial charge in [0.1, 0.15) is 6.61 Å². The Morgan fingerprint density at radius 1 is 1.27 bits per heavy atom. The van der Waals surface area contributed by atoms with Crippen molar-refractivity contribution in [2.75, 3.05) is 0 Å². The van der Waals surface area contributed by atoms with Crippen molar-refractivity contribution in [2.24, 2.45) is 17.3 Å². The summed E-state index contributed by atoms with van der Waals surface area (Å²) < 4.78 is 18.1. The van der Waals surface area contributed by atoms with Gasteiger partial charge in [-0.2, -0.15) is 0 Å². The van der Waals surface area contributed by atoms with Crippen LogP contribution in [0.1, 0.15) is 52.5 Å². The van der Waals surface area contributed by atoms with E-state index in [4.69, 9.17) is 14.0 Å². The van der Waals surface area contributed by atoms with Gasteiger partial charge in [-0.15, -0.1) is 0 Å². The Morgan fingerprint density at radius 2 is 2.00 bits per heavy atom. The molecule has 0 radical (unpaired) electrons. The number of carbonyl (C=O) groups excluding carboxylic acids is 1. The molecular formula is C21H29BO4. The Kier molecular flexibility index (Phi) is 4.43. The highest BCUT2D eigenvalue weighted by Gasteiger charge is 2.68. The van der Waals surface area contributed by atoms with Gasteiger partial charge in [-0.25, -0.2) is 0 Å². The van der Waals surface area contributed by atoms with Gasteiger partial charge < -0.3 is 14.0 Å². The van der Waals surface area contributed by atoms with E-state index in [0.717, 1.165) is 17.9 Å². The molecule has 4 aliphatic rings. The Balaban J connectivity index is 1.32. The molecule has 0 N–H and O–H groups in total. The van der Waals surface area contributed by atoms with E-state index in [1.807, 2.05) is 37.3 Å². The Hall–Kier alpha value is -1.33. The quantitative estimate of drug-likeness (QED) is 0.585. The summed E-state index contributed by atoms with van der Waals surface area (Å²) in [6.45, 7) is 9.25. The van der Waals surface area contributed by atoms with Gasteiger partial charge in [0.05, 0.1) is 11.7 Å². The summed E-state index contributed by atoms with van der Waals surface area (Å²) in [6, 6.07) is 9.76. The molecule has 5 atom stereocenters. The lowest BCUT2D eigenvalue weighted by Crippen LogP contribution is -2.65. The Bertz CT molecular complexity index is 676. The molecule has 1 heterocycles. The molecule has 26 heavy (non-hydrogen) atoms. The first-order chi connectivity index (χ1) is 12.3.